The third-order valence-electron chi connectivity index (χ3n) is 0.837. The zero-order chi connectivity index (χ0) is 8.74. The summed E-state index contributed by atoms with van der Waals surface area (Å²) in [6, 6.07) is 0. The highest BCUT2D eigenvalue weighted by Gasteiger charge is 2.23. The second-order valence-electron chi connectivity index (χ2n) is 1.62. The Hall–Kier alpha value is -0.310. The van der Waals surface area contributed by atoms with Gasteiger partial charge in [-0.05, 0) is 13.8 Å². The summed E-state index contributed by atoms with van der Waals surface area (Å²) in [7, 11) is -2.03. The van der Waals surface area contributed by atoms with Gasteiger partial charge in [0.2, 0.25) is 0 Å². The Balaban J connectivity index is 3.99. The van der Waals surface area contributed by atoms with Crippen molar-refractivity contribution in [2.75, 3.05) is 13.7 Å². The Bertz CT molecular complexity index is 166. The first-order valence-corrected chi connectivity index (χ1v) is 4.74. The molecule has 0 bridgehead atoms. The molecule has 0 aliphatic rings. The molecule has 0 saturated heterocycles. The lowest BCUT2D eigenvalue weighted by atomic mass is 10.8. The average molecular weight is 180 g/mol. The van der Waals surface area contributed by atoms with Crippen molar-refractivity contribution in [2.24, 2.45) is 0 Å². The zero-order valence-electron chi connectivity index (χ0n) is 6.94. The van der Waals surface area contributed by atoms with E-state index in [1.54, 1.807) is 19.9 Å². The van der Waals surface area contributed by atoms with E-state index in [0.717, 1.165) is 0 Å². The molecule has 5 heteroatoms. The number of allylic oxidation sites excluding steroid dienone is 1. The van der Waals surface area contributed by atoms with Crippen molar-refractivity contribution in [3.8, 4) is 0 Å². The lowest BCUT2D eigenvalue weighted by Gasteiger charge is -2.11. The fraction of sp³-hybridized carbons (Fsp3) is 0.667. The zero-order valence-corrected chi connectivity index (χ0v) is 7.84. The third-order valence-corrected chi connectivity index (χ3v) is 2.24. The van der Waals surface area contributed by atoms with E-state index < -0.39 is 7.82 Å². The molecule has 1 unspecified atom stereocenters. The molecule has 0 saturated carbocycles. The van der Waals surface area contributed by atoms with E-state index >= 15 is 0 Å². The topological polar surface area (TPSA) is 44.8 Å². The number of phosphoric ester groups is 1. The van der Waals surface area contributed by atoms with Gasteiger partial charge in [0.05, 0.1) is 12.9 Å². The molecule has 0 aliphatic heterocycles. The Morgan fingerprint density at radius 2 is 2.18 bits per heavy atom. The summed E-state index contributed by atoms with van der Waals surface area (Å²) >= 11 is 0. The minimum Gasteiger partial charge on any atom is -0.412 e. The van der Waals surface area contributed by atoms with E-state index in [4.69, 9.17) is 9.05 Å². The van der Waals surface area contributed by atoms with Crippen LogP contribution < -0.4 is 0 Å². The van der Waals surface area contributed by atoms with Crippen molar-refractivity contribution in [1.82, 2.24) is 0 Å². The van der Waals surface area contributed by atoms with Crippen molar-refractivity contribution in [3.05, 3.63) is 12.3 Å². The summed E-state index contributed by atoms with van der Waals surface area (Å²) in [4.78, 5) is 0. The molecule has 0 heterocycles. The van der Waals surface area contributed by atoms with Crippen molar-refractivity contribution >= 4 is 7.82 Å². The van der Waals surface area contributed by atoms with Gasteiger partial charge in [0.1, 0.15) is 0 Å². The van der Waals surface area contributed by atoms with Crippen LogP contribution in [0.5, 0.6) is 0 Å². The fourth-order valence-corrected chi connectivity index (χ4v) is 1.26. The van der Waals surface area contributed by atoms with Gasteiger partial charge in [-0.15, -0.1) is 0 Å². The first kappa shape index (κ1) is 10.7. The highest BCUT2D eigenvalue weighted by molar-refractivity contribution is 7.48. The van der Waals surface area contributed by atoms with E-state index in [-0.39, 0.29) is 0 Å². The number of hydrogen-bond acceptors (Lipinski definition) is 4. The molecular formula is C6H13O4P. The third kappa shape index (κ3) is 4.19. The second-order valence-corrected chi connectivity index (χ2v) is 3.35. The van der Waals surface area contributed by atoms with Gasteiger partial charge in [0, 0.05) is 7.11 Å². The minimum atomic E-state index is -3.30. The SMILES string of the molecule is C/C=C/OP(=O)(OC)OCC. The van der Waals surface area contributed by atoms with Crippen molar-refractivity contribution < 1.29 is 18.1 Å². The summed E-state index contributed by atoms with van der Waals surface area (Å²) in [6.45, 7) is 3.75. The summed E-state index contributed by atoms with van der Waals surface area (Å²) in [5.74, 6) is 0. The molecule has 1 atom stereocenters. The average Bonchev–Trinajstić information content (AvgIpc) is 2.02. The highest BCUT2D eigenvalue weighted by atomic mass is 31.2. The van der Waals surface area contributed by atoms with Gasteiger partial charge >= 0.3 is 7.82 Å². The molecule has 0 radical (unpaired) electrons. The number of phosphoric acid groups is 1. The molecule has 11 heavy (non-hydrogen) atoms. The van der Waals surface area contributed by atoms with E-state index in [2.05, 4.69) is 4.52 Å². The predicted octanol–water partition coefficient (Wildman–Crippen LogP) is 2.33. The lowest BCUT2D eigenvalue weighted by Crippen LogP contribution is -1.92. The summed E-state index contributed by atoms with van der Waals surface area (Å²) in [6.07, 6.45) is 2.88. The molecule has 4 nitrogen and oxygen atoms in total. The smallest absolute Gasteiger partial charge is 0.412 e. The van der Waals surface area contributed by atoms with Crippen molar-refractivity contribution in [2.45, 2.75) is 13.8 Å². The van der Waals surface area contributed by atoms with Crippen LogP contribution in [-0.2, 0) is 18.1 Å². The minimum absolute atomic E-state index is 0.294. The van der Waals surface area contributed by atoms with Crippen LogP contribution in [0.2, 0.25) is 0 Å². The van der Waals surface area contributed by atoms with Gasteiger partial charge in [-0.3, -0.25) is 9.05 Å². The Kier molecular flexibility index (Phi) is 5.20. The summed E-state index contributed by atoms with van der Waals surface area (Å²) in [5.41, 5.74) is 0. The molecule has 0 aliphatic carbocycles. The maximum absolute atomic E-state index is 11.2. The number of hydrogen-bond donors (Lipinski definition) is 0. The van der Waals surface area contributed by atoms with Crippen LogP contribution in [0.25, 0.3) is 0 Å². The summed E-state index contributed by atoms with van der Waals surface area (Å²) in [5, 5.41) is 0. The molecular weight excluding hydrogens is 167 g/mol. The van der Waals surface area contributed by atoms with Crippen LogP contribution in [0.1, 0.15) is 13.8 Å². The Morgan fingerprint density at radius 1 is 1.55 bits per heavy atom. The van der Waals surface area contributed by atoms with Gasteiger partial charge in [-0.1, -0.05) is 6.08 Å². The van der Waals surface area contributed by atoms with E-state index in [1.807, 2.05) is 0 Å². The molecule has 0 aromatic heterocycles. The molecule has 0 fully saturated rings. The fourth-order valence-electron chi connectivity index (χ4n) is 0.420. The van der Waals surface area contributed by atoms with E-state index in [0.29, 0.717) is 6.61 Å². The highest BCUT2D eigenvalue weighted by Crippen LogP contribution is 2.48. The van der Waals surface area contributed by atoms with Crippen LogP contribution in [0, 0.1) is 0 Å². The standard InChI is InChI=1S/C6H13O4P/c1-4-6-10-11(7,8-3)9-5-2/h4,6H,5H2,1-3H3/b6-4+. The first-order valence-electron chi connectivity index (χ1n) is 3.28. The molecule has 0 aromatic carbocycles. The molecule has 0 N–H and O–H groups in total. The maximum Gasteiger partial charge on any atom is 0.529 e. The van der Waals surface area contributed by atoms with Gasteiger partial charge < -0.3 is 4.52 Å². The van der Waals surface area contributed by atoms with Crippen LogP contribution in [0.4, 0.5) is 0 Å². The van der Waals surface area contributed by atoms with Crippen LogP contribution in [-0.4, -0.2) is 13.7 Å². The normalized spacial score (nSPS) is 16.6. The van der Waals surface area contributed by atoms with Crippen LogP contribution in [0.15, 0.2) is 12.3 Å². The first-order chi connectivity index (χ1) is 5.18. The largest absolute Gasteiger partial charge is 0.529 e. The summed E-state index contributed by atoms with van der Waals surface area (Å²) < 4.78 is 25.2. The quantitative estimate of drug-likeness (QED) is 0.481. The molecule has 0 amide bonds. The van der Waals surface area contributed by atoms with Gasteiger partial charge in [-0.2, -0.15) is 0 Å². The van der Waals surface area contributed by atoms with Crippen LogP contribution >= 0.6 is 7.82 Å². The van der Waals surface area contributed by atoms with E-state index in [9.17, 15) is 4.57 Å². The molecule has 0 aromatic rings. The second kappa shape index (κ2) is 5.35. The van der Waals surface area contributed by atoms with Crippen molar-refractivity contribution in [3.63, 3.8) is 0 Å². The van der Waals surface area contributed by atoms with E-state index in [1.165, 1.54) is 13.4 Å². The molecule has 0 spiro atoms. The Labute approximate surface area is 66.8 Å². The van der Waals surface area contributed by atoms with Crippen molar-refractivity contribution in [1.29, 1.82) is 0 Å². The number of rotatable bonds is 5. The predicted molar refractivity (Wildman–Crippen MR) is 42.1 cm³/mol. The van der Waals surface area contributed by atoms with Gasteiger partial charge in [0.15, 0.2) is 0 Å². The van der Waals surface area contributed by atoms with Crippen LogP contribution in [0.3, 0.4) is 0 Å². The molecule has 66 valence electrons. The lowest BCUT2D eigenvalue weighted by molar-refractivity contribution is 0.172. The maximum atomic E-state index is 11.2. The molecule has 0 rings (SSSR count). The van der Waals surface area contributed by atoms with Gasteiger partial charge in [-0.25, -0.2) is 4.57 Å². The monoisotopic (exact) mass is 180 g/mol. The van der Waals surface area contributed by atoms with Gasteiger partial charge in [0.25, 0.3) is 0 Å². The Morgan fingerprint density at radius 3 is 2.55 bits per heavy atom.